The molecule has 1 aliphatic rings. The van der Waals surface area contributed by atoms with Gasteiger partial charge in [0.25, 0.3) is 0 Å². The first-order valence-corrected chi connectivity index (χ1v) is 8.00. The van der Waals surface area contributed by atoms with E-state index in [4.69, 9.17) is 4.74 Å². The Morgan fingerprint density at radius 1 is 1.19 bits per heavy atom. The zero-order chi connectivity index (χ0) is 14.5. The van der Waals surface area contributed by atoms with Crippen LogP contribution in [0.5, 0.6) is 5.88 Å². The predicted octanol–water partition coefficient (Wildman–Crippen LogP) is 3.53. The normalized spacial score (nSPS) is 16.0. The van der Waals surface area contributed by atoms with Gasteiger partial charge in [-0.1, -0.05) is 6.07 Å². The van der Waals surface area contributed by atoms with Crippen LogP contribution in [0.2, 0.25) is 0 Å². The van der Waals surface area contributed by atoms with Crippen LogP contribution in [0, 0.1) is 5.92 Å². The second kappa shape index (κ2) is 6.89. The molecular weight excluding hydrogens is 330 g/mol. The third-order valence-corrected chi connectivity index (χ3v) is 4.42. The molecule has 5 heteroatoms. The van der Waals surface area contributed by atoms with Gasteiger partial charge in [0.2, 0.25) is 5.88 Å². The fourth-order valence-corrected chi connectivity index (χ4v) is 3.10. The second-order valence-electron chi connectivity index (χ2n) is 5.24. The largest absolute Gasteiger partial charge is 0.477 e. The molecule has 4 nitrogen and oxygen atoms in total. The minimum atomic E-state index is 0.601. The van der Waals surface area contributed by atoms with Gasteiger partial charge in [-0.05, 0) is 46.8 Å². The van der Waals surface area contributed by atoms with E-state index >= 15 is 0 Å². The van der Waals surface area contributed by atoms with Crippen molar-refractivity contribution in [2.45, 2.75) is 12.8 Å². The topological polar surface area (TPSA) is 38.2 Å². The number of rotatable bonds is 4. The van der Waals surface area contributed by atoms with Gasteiger partial charge >= 0.3 is 0 Å². The van der Waals surface area contributed by atoms with Crippen molar-refractivity contribution in [3.05, 3.63) is 47.3 Å². The maximum Gasteiger partial charge on any atom is 0.213 e. The van der Waals surface area contributed by atoms with E-state index in [2.05, 4.69) is 36.9 Å². The summed E-state index contributed by atoms with van der Waals surface area (Å²) < 4.78 is 6.82. The summed E-state index contributed by atoms with van der Waals surface area (Å²) in [5.74, 6) is 1.32. The summed E-state index contributed by atoms with van der Waals surface area (Å²) >= 11 is 3.57. The van der Waals surface area contributed by atoms with Crippen molar-refractivity contribution in [3.63, 3.8) is 0 Å². The van der Waals surface area contributed by atoms with Crippen LogP contribution < -0.4 is 9.64 Å². The molecule has 0 spiro atoms. The van der Waals surface area contributed by atoms with Crippen LogP contribution in [-0.4, -0.2) is 29.7 Å². The maximum absolute atomic E-state index is 5.76. The monoisotopic (exact) mass is 347 g/mol. The average molecular weight is 348 g/mol. The summed E-state index contributed by atoms with van der Waals surface area (Å²) in [7, 11) is 0. The van der Waals surface area contributed by atoms with E-state index in [0.29, 0.717) is 5.92 Å². The minimum absolute atomic E-state index is 0.601. The van der Waals surface area contributed by atoms with Crippen molar-refractivity contribution in [1.82, 2.24) is 9.97 Å². The van der Waals surface area contributed by atoms with Gasteiger partial charge < -0.3 is 9.64 Å². The van der Waals surface area contributed by atoms with Crippen LogP contribution in [-0.2, 0) is 0 Å². The second-order valence-corrected chi connectivity index (χ2v) is 6.09. The molecule has 1 saturated heterocycles. The third-order valence-electron chi connectivity index (χ3n) is 3.81. The van der Waals surface area contributed by atoms with Gasteiger partial charge in [-0.2, -0.15) is 0 Å². The lowest BCUT2D eigenvalue weighted by atomic mass is 9.97. The van der Waals surface area contributed by atoms with Crippen LogP contribution >= 0.6 is 15.9 Å². The van der Waals surface area contributed by atoms with Crippen molar-refractivity contribution >= 4 is 21.6 Å². The maximum atomic E-state index is 5.76. The van der Waals surface area contributed by atoms with E-state index in [9.17, 15) is 0 Å². The summed E-state index contributed by atoms with van der Waals surface area (Å²) in [5, 5.41) is 0. The molecular formula is C16H18BrN3O. The van der Waals surface area contributed by atoms with Crippen molar-refractivity contribution < 1.29 is 4.74 Å². The Morgan fingerprint density at radius 2 is 2.05 bits per heavy atom. The van der Waals surface area contributed by atoms with Crippen molar-refractivity contribution in [2.24, 2.45) is 5.92 Å². The van der Waals surface area contributed by atoms with E-state index < -0.39 is 0 Å². The highest BCUT2D eigenvalue weighted by Crippen LogP contribution is 2.29. The van der Waals surface area contributed by atoms with Gasteiger partial charge in [0.15, 0.2) is 0 Å². The Labute approximate surface area is 133 Å². The fourth-order valence-electron chi connectivity index (χ4n) is 2.60. The molecule has 1 fully saturated rings. The zero-order valence-corrected chi connectivity index (χ0v) is 13.4. The molecule has 110 valence electrons. The first-order valence-electron chi connectivity index (χ1n) is 7.21. The Kier molecular flexibility index (Phi) is 4.70. The smallest absolute Gasteiger partial charge is 0.213 e. The molecule has 0 amide bonds. The van der Waals surface area contributed by atoms with E-state index in [1.54, 1.807) is 6.20 Å². The van der Waals surface area contributed by atoms with Gasteiger partial charge in [-0.15, -0.1) is 0 Å². The number of nitrogens with zero attached hydrogens (tertiary/aromatic N) is 3. The summed E-state index contributed by atoms with van der Waals surface area (Å²) in [5.41, 5.74) is 1.23. The number of pyridine rings is 2. The highest BCUT2D eigenvalue weighted by Gasteiger charge is 2.21. The van der Waals surface area contributed by atoms with E-state index in [0.717, 1.165) is 42.9 Å². The fraction of sp³-hybridized carbons (Fsp3) is 0.375. The summed E-state index contributed by atoms with van der Waals surface area (Å²) in [6, 6.07) is 7.82. The molecule has 0 aromatic carbocycles. The van der Waals surface area contributed by atoms with Crippen molar-refractivity contribution in [1.29, 1.82) is 0 Å². The molecule has 0 radical (unpaired) electrons. The number of piperidine rings is 1. The van der Waals surface area contributed by atoms with E-state index in [-0.39, 0.29) is 0 Å². The Hall–Kier alpha value is -1.62. The molecule has 0 unspecified atom stereocenters. The van der Waals surface area contributed by atoms with Crippen LogP contribution in [0.3, 0.4) is 0 Å². The SMILES string of the molecule is Brc1cnccc1N1CCC(COc2ccccn2)CC1. The molecule has 3 heterocycles. The quantitative estimate of drug-likeness (QED) is 0.847. The van der Waals surface area contributed by atoms with Crippen LogP contribution in [0.15, 0.2) is 47.3 Å². The van der Waals surface area contributed by atoms with E-state index in [1.807, 2.05) is 30.6 Å². The predicted molar refractivity (Wildman–Crippen MR) is 86.6 cm³/mol. The summed E-state index contributed by atoms with van der Waals surface area (Å²) in [4.78, 5) is 10.7. The molecule has 1 aliphatic heterocycles. The van der Waals surface area contributed by atoms with Crippen LogP contribution in [0.4, 0.5) is 5.69 Å². The van der Waals surface area contributed by atoms with Crippen LogP contribution in [0.1, 0.15) is 12.8 Å². The molecule has 3 rings (SSSR count). The Morgan fingerprint density at radius 3 is 2.76 bits per heavy atom. The zero-order valence-electron chi connectivity index (χ0n) is 11.8. The summed E-state index contributed by atoms with van der Waals surface area (Å²) in [6.45, 7) is 2.86. The highest BCUT2D eigenvalue weighted by molar-refractivity contribution is 9.10. The number of hydrogen-bond acceptors (Lipinski definition) is 4. The first-order chi connectivity index (χ1) is 10.3. The standard InChI is InChI=1S/C16H18BrN3O/c17-14-11-18-8-4-15(14)20-9-5-13(6-10-20)12-21-16-3-1-2-7-19-16/h1-4,7-8,11,13H,5-6,9-10,12H2. The number of aromatic nitrogens is 2. The lowest BCUT2D eigenvalue weighted by Crippen LogP contribution is -2.35. The molecule has 0 saturated carbocycles. The highest BCUT2D eigenvalue weighted by atomic mass is 79.9. The van der Waals surface area contributed by atoms with Gasteiger partial charge in [0.05, 0.1) is 16.8 Å². The molecule has 0 aliphatic carbocycles. The molecule has 0 bridgehead atoms. The van der Waals surface area contributed by atoms with Crippen LogP contribution in [0.25, 0.3) is 0 Å². The van der Waals surface area contributed by atoms with E-state index in [1.165, 1.54) is 5.69 Å². The number of anilines is 1. The van der Waals surface area contributed by atoms with Crippen molar-refractivity contribution in [3.8, 4) is 5.88 Å². The lowest BCUT2D eigenvalue weighted by molar-refractivity contribution is 0.216. The van der Waals surface area contributed by atoms with Gasteiger partial charge in [0, 0.05) is 37.7 Å². The molecule has 2 aromatic heterocycles. The van der Waals surface area contributed by atoms with Gasteiger partial charge in [-0.25, -0.2) is 4.98 Å². The number of hydrogen-bond donors (Lipinski definition) is 0. The first kappa shape index (κ1) is 14.3. The third kappa shape index (κ3) is 3.73. The van der Waals surface area contributed by atoms with Gasteiger partial charge in [-0.3, -0.25) is 4.98 Å². The molecule has 0 atom stereocenters. The molecule has 0 N–H and O–H groups in total. The number of ether oxygens (including phenoxy) is 1. The summed E-state index contributed by atoms with van der Waals surface area (Å²) in [6.07, 6.45) is 7.74. The Balaban J connectivity index is 1.50. The van der Waals surface area contributed by atoms with Gasteiger partial charge in [0.1, 0.15) is 0 Å². The minimum Gasteiger partial charge on any atom is -0.477 e. The molecule has 2 aromatic rings. The van der Waals surface area contributed by atoms with Crippen molar-refractivity contribution in [2.75, 3.05) is 24.6 Å². The Bertz CT molecular complexity index is 571. The molecule has 21 heavy (non-hydrogen) atoms. The lowest BCUT2D eigenvalue weighted by Gasteiger charge is -2.33. The number of halogens is 1. The average Bonchev–Trinajstić information content (AvgIpc) is 2.55.